The number of anilines is 1. The third-order valence-electron chi connectivity index (χ3n) is 2.68. The highest BCUT2D eigenvalue weighted by molar-refractivity contribution is 9.10. The van der Waals surface area contributed by atoms with E-state index in [-0.39, 0.29) is 18.0 Å². The Morgan fingerprint density at radius 3 is 2.67 bits per heavy atom. The Morgan fingerprint density at radius 2 is 2.05 bits per heavy atom. The summed E-state index contributed by atoms with van der Waals surface area (Å²) in [6.07, 6.45) is 0. The van der Waals surface area contributed by atoms with E-state index in [1.54, 1.807) is 26.0 Å². The normalized spacial score (nSPS) is 10.4. The van der Waals surface area contributed by atoms with Crippen LogP contribution in [0, 0.1) is 24.0 Å². The van der Waals surface area contributed by atoms with Crippen molar-refractivity contribution in [2.24, 2.45) is 0 Å². The molecule has 0 fully saturated rings. The molecule has 1 heterocycles. The fourth-order valence-electron chi connectivity index (χ4n) is 1.89. The van der Waals surface area contributed by atoms with Gasteiger partial charge in [0.25, 0.3) is 0 Å². The van der Waals surface area contributed by atoms with Crippen molar-refractivity contribution < 1.29 is 9.66 Å². The third kappa shape index (κ3) is 3.66. The number of ether oxygens (including phenoxy) is 1. The minimum absolute atomic E-state index is 0.00912. The number of nitrogens with two attached hydrogens (primary N) is 1. The van der Waals surface area contributed by atoms with Gasteiger partial charge in [0.2, 0.25) is 5.75 Å². The molecule has 0 aliphatic carbocycles. The summed E-state index contributed by atoms with van der Waals surface area (Å²) in [6, 6.07) is 4.78. The molecule has 7 nitrogen and oxygen atoms in total. The van der Waals surface area contributed by atoms with Gasteiger partial charge in [0.15, 0.2) is 5.82 Å². The van der Waals surface area contributed by atoms with E-state index in [0.717, 1.165) is 0 Å². The average Bonchev–Trinajstić information content (AvgIpc) is 2.35. The number of nitro benzene ring substituents is 1. The minimum atomic E-state index is -0.488. The Balaban J connectivity index is 2.29. The molecule has 21 heavy (non-hydrogen) atoms. The standard InChI is InChI=1S/C13H13BrN4O3/c1-7-3-9(14)5-10(18(19)20)13(7)21-6-12-16-8(2)4-11(15)17-12/h3-5H,6H2,1-2H3,(H2,15,16,17). The lowest BCUT2D eigenvalue weighted by atomic mass is 10.2. The quantitative estimate of drug-likeness (QED) is 0.669. The van der Waals surface area contributed by atoms with Crippen LogP contribution in [0.1, 0.15) is 17.1 Å². The van der Waals surface area contributed by atoms with Gasteiger partial charge in [0, 0.05) is 22.3 Å². The molecule has 1 aromatic heterocycles. The van der Waals surface area contributed by atoms with Crippen molar-refractivity contribution in [2.75, 3.05) is 5.73 Å². The molecule has 0 atom stereocenters. The Morgan fingerprint density at radius 1 is 1.33 bits per heavy atom. The lowest BCUT2D eigenvalue weighted by Gasteiger charge is -2.10. The predicted molar refractivity (Wildman–Crippen MR) is 81.0 cm³/mol. The summed E-state index contributed by atoms with van der Waals surface area (Å²) in [7, 11) is 0. The van der Waals surface area contributed by atoms with E-state index < -0.39 is 4.92 Å². The number of halogens is 1. The van der Waals surface area contributed by atoms with Crippen molar-refractivity contribution in [1.82, 2.24) is 9.97 Å². The topological polar surface area (TPSA) is 104 Å². The number of nitrogen functional groups attached to an aromatic ring is 1. The van der Waals surface area contributed by atoms with Crippen LogP contribution >= 0.6 is 15.9 Å². The third-order valence-corrected chi connectivity index (χ3v) is 3.14. The molecule has 0 aliphatic rings. The van der Waals surface area contributed by atoms with E-state index in [1.165, 1.54) is 6.07 Å². The van der Waals surface area contributed by atoms with E-state index in [0.29, 0.717) is 27.4 Å². The first-order valence-corrected chi connectivity index (χ1v) is 6.83. The number of benzene rings is 1. The van der Waals surface area contributed by atoms with Gasteiger partial charge >= 0.3 is 5.69 Å². The fraction of sp³-hybridized carbons (Fsp3) is 0.231. The summed E-state index contributed by atoms with van der Waals surface area (Å²) in [6.45, 7) is 3.53. The van der Waals surface area contributed by atoms with Crippen LogP contribution in [0.25, 0.3) is 0 Å². The SMILES string of the molecule is Cc1cc(N)nc(COc2c(C)cc(Br)cc2[N+](=O)[O-])n1. The van der Waals surface area contributed by atoms with Gasteiger partial charge < -0.3 is 10.5 Å². The number of hydrogen-bond acceptors (Lipinski definition) is 6. The Labute approximate surface area is 129 Å². The van der Waals surface area contributed by atoms with Crippen molar-refractivity contribution >= 4 is 27.4 Å². The highest BCUT2D eigenvalue weighted by Crippen LogP contribution is 2.34. The van der Waals surface area contributed by atoms with Crippen LogP contribution in [0.3, 0.4) is 0 Å². The van der Waals surface area contributed by atoms with Gasteiger partial charge in [-0.3, -0.25) is 10.1 Å². The maximum absolute atomic E-state index is 11.1. The predicted octanol–water partition coefficient (Wildman–Crippen LogP) is 2.93. The van der Waals surface area contributed by atoms with Gasteiger partial charge in [-0.2, -0.15) is 0 Å². The zero-order valence-corrected chi connectivity index (χ0v) is 13.0. The summed E-state index contributed by atoms with van der Waals surface area (Å²) in [5.41, 5.74) is 6.89. The molecule has 2 aromatic rings. The van der Waals surface area contributed by atoms with Gasteiger partial charge in [-0.05, 0) is 25.5 Å². The summed E-state index contributed by atoms with van der Waals surface area (Å²) >= 11 is 3.23. The molecular weight excluding hydrogens is 340 g/mol. The van der Waals surface area contributed by atoms with Crippen LogP contribution in [0.5, 0.6) is 5.75 Å². The van der Waals surface area contributed by atoms with Crippen molar-refractivity contribution in [3.05, 3.63) is 49.9 Å². The molecule has 0 saturated carbocycles. The zero-order valence-electron chi connectivity index (χ0n) is 11.5. The molecule has 0 amide bonds. The van der Waals surface area contributed by atoms with Gasteiger partial charge in [0.1, 0.15) is 12.4 Å². The maximum atomic E-state index is 11.1. The second-order valence-electron chi connectivity index (χ2n) is 4.47. The highest BCUT2D eigenvalue weighted by atomic mass is 79.9. The maximum Gasteiger partial charge on any atom is 0.312 e. The molecule has 0 radical (unpaired) electrons. The van der Waals surface area contributed by atoms with E-state index in [9.17, 15) is 10.1 Å². The number of aryl methyl sites for hydroxylation is 2. The van der Waals surface area contributed by atoms with Crippen molar-refractivity contribution in [3.63, 3.8) is 0 Å². The van der Waals surface area contributed by atoms with Gasteiger partial charge in [-0.1, -0.05) is 15.9 Å². The van der Waals surface area contributed by atoms with Crippen LogP contribution in [0.2, 0.25) is 0 Å². The smallest absolute Gasteiger partial charge is 0.312 e. The Hall–Kier alpha value is -2.22. The molecular formula is C13H13BrN4O3. The van der Waals surface area contributed by atoms with Gasteiger partial charge in [-0.25, -0.2) is 9.97 Å². The Bertz CT molecular complexity index is 686. The second kappa shape index (κ2) is 6.04. The first kappa shape index (κ1) is 15.2. The lowest BCUT2D eigenvalue weighted by Crippen LogP contribution is -2.07. The minimum Gasteiger partial charge on any atom is -0.478 e. The number of aromatic nitrogens is 2. The number of rotatable bonds is 4. The Kier molecular flexibility index (Phi) is 4.37. The van der Waals surface area contributed by atoms with Gasteiger partial charge in [-0.15, -0.1) is 0 Å². The molecule has 2 rings (SSSR count). The van der Waals surface area contributed by atoms with Crippen molar-refractivity contribution in [3.8, 4) is 5.75 Å². The molecule has 0 spiro atoms. The molecule has 0 bridgehead atoms. The molecule has 0 saturated heterocycles. The monoisotopic (exact) mass is 352 g/mol. The largest absolute Gasteiger partial charge is 0.478 e. The summed E-state index contributed by atoms with van der Waals surface area (Å²) in [5.74, 6) is 0.916. The number of hydrogen-bond donors (Lipinski definition) is 1. The van der Waals surface area contributed by atoms with E-state index >= 15 is 0 Å². The average molecular weight is 353 g/mol. The van der Waals surface area contributed by atoms with Crippen LogP contribution < -0.4 is 10.5 Å². The van der Waals surface area contributed by atoms with Crippen molar-refractivity contribution in [1.29, 1.82) is 0 Å². The van der Waals surface area contributed by atoms with E-state index in [4.69, 9.17) is 10.5 Å². The molecule has 1 aromatic carbocycles. The van der Waals surface area contributed by atoms with Crippen LogP contribution in [-0.2, 0) is 6.61 Å². The first-order valence-electron chi connectivity index (χ1n) is 6.04. The summed E-state index contributed by atoms with van der Waals surface area (Å²) in [4.78, 5) is 18.8. The first-order chi connectivity index (χ1) is 9.86. The lowest BCUT2D eigenvalue weighted by molar-refractivity contribution is -0.386. The highest BCUT2D eigenvalue weighted by Gasteiger charge is 2.19. The molecule has 2 N–H and O–H groups in total. The van der Waals surface area contributed by atoms with Crippen LogP contribution in [0.4, 0.5) is 11.5 Å². The van der Waals surface area contributed by atoms with Crippen LogP contribution in [-0.4, -0.2) is 14.9 Å². The van der Waals surface area contributed by atoms with E-state index in [2.05, 4.69) is 25.9 Å². The second-order valence-corrected chi connectivity index (χ2v) is 5.38. The van der Waals surface area contributed by atoms with E-state index in [1.807, 2.05) is 0 Å². The number of nitro groups is 1. The molecule has 110 valence electrons. The molecule has 0 aliphatic heterocycles. The molecule has 8 heteroatoms. The zero-order chi connectivity index (χ0) is 15.6. The summed E-state index contributed by atoms with van der Waals surface area (Å²) in [5, 5.41) is 11.1. The fourth-order valence-corrected chi connectivity index (χ4v) is 2.45. The van der Waals surface area contributed by atoms with Crippen LogP contribution in [0.15, 0.2) is 22.7 Å². The molecule has 0 unspecified atom stereocenters. The number of nitrogens with zero attached hydrogens (tertiary/aromatic N) is 3. The summed E-state index contributed by atoms with van der Waals surface area (Å²) < 4.78 is 6.16. The van der Waals surface area contributed by atoms with Gasteiger partial charge in [0.05, 0.1) is 4.92 Å². The van der Waals surface area contributed by atoms with Crippen molar-refractivity contribution in [2.45, 2.75) is 20.5 Å².